The lowest BCUT2D eigenvalue weighted by atomic mass is 9.84. The van der Waals surface area contributed by atoms with Crippen LogP contribution in [-0.2, 0) is 20.7 Å². The third-order valence-corrected chi connectivity index (χ3v) is 4.74. The van der Waals surface area contributed by atoms with Crippen molar-refractivity contribution < 1.29 is 14.3 Å². The van der Waals surface area contributed by atoms with Gasteiger partial charge in [0, 0.05) is 6.20 Å². The number of ether oxygens (including phenoxy) is 2. The number of nitrogens with two attached hydrogens (primary N) is 1. The summed E-state index contributed by atoms with van der Waals surface area (Å²) < 4.78 is 10.5. The molecule has 1 saturated heterocycles. The van der Waals surface area contributed by atoms with E-state index in [1.54, 1.807) is 6.20 Å². The average molecular weight is 328 g/mol. The fraction of sp³-hybridized carbons (Fsp3) is 0.421. The zero-order valence-electron chi connectivity index (χ0n) is 14.2. The van der Waals surface area contributed by atoms with Crippen molar-refractivity contribution in [2.45, 2.75) is 32.4 Å². The third kappa shape index (κ3) is 2.80. The molecule has 1 heterocycles. The molecule has 0 spiro atoms. The second kappa shape index (κ2) is 6.32. The van der Waals surface area contributed by atoms with Crippen molar-refractivity contribution in [3.8, 4) is 0 Å². The highest BCUT2D eigenvalue weighted by Gasteiger charge is 2.43. The van der Waals surface area contributed by atoms with E-state index in [1.807, 2.05) is 17.0 Å². The molecule has 0 bridgehead atoms. The first kappa shape index (κ1) is 16.6. The summed E-state index contributed by atoms with van der Waals surface area (Å²) in [5.74, 6) is -0.439. The molecule has 2 N–H and O–H groups in total. The van der Waals surface area contributed by atoms with Crippen molar-refractivity contribution in [3.05, 3.63) is 60.1 Å². The highest BCUT2D eigenvalue weighted by atomic mass is 16.6. The average Bonchev–Trinajstić information content (AvgIpc) is 2.78. The first-order chi connectivity index (χ1) is 11.5. The molecule has 1 aliphatic heterocycles. The Morgan fingerprint density at radius 1 is 1.42 bits per heavy atom. The molecule has 5 heteroatoms. The summed E-state index contributed by atoms with van der Waals surface area (Å²) in [4.78, 5) is 14.4. The monoisotopic (exact) mass is 328 g/mol. The minimum Gasteiger partial charge on any atom is -0.453 e. The van der Waals surface area contributed by atoms with E-state index in [2.05, 4.69) is 32.6 Å². The van der Waals surface area contributed by atoms with Crippen molar-refractivity contribution in [1.82, 2.24) is 4.90 Å². The maximum Gasteiger partial charge on any atom is 0.356 e. The summed E-state index contributed by atoms with van der Waals surface area (Å²) in [6.07, 6.45) is 3.70. The van der Waals surface area contributed by atoms with Crippen LogP contribution in [0.5, 0.6) is 0 Å². The minimum atomic E-state index is -0.439. The molecule has 128 valence electrons. The summed E-state index contributed by atoms with van der Waals surface area (Å²) in [5, 5.41) is 0. The van der Waals surface area contributed by atoms with E-state index >= 15 is 0 Å². The Morgan fingerprint density at radius 3 is 2.71 bits per heavy atom. The highest BCUT2D eigenvalue weighted by molar-refractivity contribution is 5.88. The van der Waals surface area contributed by atoms with Gasteiger partial charge in [-0.1, -0.05) is 44.7 Å². The number of rotatable bonds is 5. The Labute approximate surface area is 142 Å². The summed E-state index contributed by atoms with van der Waals surface area (Å²) in [6.45, 7) is 9.16. The van der Waals surface area contributed by atoms with Crippen LogP contribution in [0.1, 0.15) is 31.0 Å². The molecule has 1 aliphatic carbocycles. The van der Waals surface area contributed by atoms with Crippen LogP contribution < -0.4 is 5.73 Å². The van der Waals surface area contributed by atoms with Gasteiger partial charge < -0.3 is 20.1 Å². The lowest BCUT2D eigenvalue weighted by molar-refractivity contribution is -0.169. The van der Waals surface area contributed by atoms with Gasteiger partial charge in [-0.15, -0.1) is 0 Å². The van der Waals surface area contributed by atoms with Gasteiger partial charge in [-0.25, -0.2) is 4.79 Å². The standard InChI is InChI=1S/C19H24N2O3/c1-4-21(16(10-20)18(22)24-14-11-23-12-14)17-15-8-6-5-7-13(15)9-19(17,2)3/h4-8,10,14,17H,1,9,11-12,20H2,2-3H3/b16-10-. The van der Waals surface area contributed by atoms with Gasteiger partial charge in [0.1, 0.15) is 11.8 Å². The Bertz CT molecular complexity index is 677. The van der Waals surface area contributed by atoms with E-state index in [4.69, 9.17) is 15.2 Å². The van der Waals surface area contributed by atoms with Gasteiger partial charge in [-0.05, 0) is 29.2 Å². The van der Waals surface area contributed by atoms with E-state index in [0.29, 0.717) is 18.9 Å². The molecule has 2 aliphatic rings. The quantitative estimate of drug-likeness (QED) is 0.664. The van der Waals surface area contributed by atoms with Crippen molar-refractivity contribution in [2.75, 3.05) is 13.2 Å². The van der Waals surface area contributed by atoms with Crippen molar-refractivity contribution in [1.29, 1.82) is 0 Å². The maximum atomic E-state index is 12.5. The molecular weight excluding hydrogens is 304 g/mol. The van der Waals surface area contributed by atoms with Crippen LogP contribution in [0.2, 0.25) is 0 Å². The first-order valence-corrected chi connectivity index (χ1v) is 8.17. The fourth-order valence-electron chi connectivity index (χ4n) is 3.59. The lowest BCUT2D eigenvalue weighted by Gasteiger charge is -2.38. The maximum absolute atomic E-state index is 12.5. The van der Waals surface area contributed by atoms with Gasteiger partial charge in [0.05, 0.1) is 19.3 Å². The second-order valence-electron chi connectivity index (χ2n) is 6.97. The summed E-state index contributed by atoms with van der Waals surface area (Å²) >= 11 is 0. The van der Waals surface area contributed by atoms with Crippen molar-refractivity contribution in [3.63, 3.8) is 0 Å². The summed E-state index contributed by atoms with van der Waals surface area (Å²) in [5.41, 5.74) is 8.51. The normalized spacial score (nSPS) is 22.4. The fourth-order valence-corrected chi connectivity index (χ4v) is 3.59. The topological polar surface area (TPSA) is 64.8 Å². The number of carbonyl (C=O) groups excluding carboxylic acids is 1. The molecule has 1 unspecified atom stereocenters. The number of carbonyl (C=O) groups is 1. The minimum absolute atomic E-state index is 0.0220. The van der Waals surface area contributed by atoms with Crippen LogP contribution in [0.4, 0.5) is 0 Å². The molecule has 1 atom stereocenters. The summed E-state index contributed by atoms with van der Waals surface area (Å²) in [6, 6.07) is 8.27. The Balaban J connectivity index is 1.91. The molecule has 24 heavy (non-hydrogen) atoms. The molecular formula is C19H24N2O3. The van der Waals surface area contributed by atoms with E-state index in [-0.39, 0.29) is 17.6 Å². The molecule has 1 aromatic rings. The molecule has 0 radical (unpaired) electrons. The zero-order chi connectivity index (χ0) is 17.3. The van der Waals surface area contributed by atoms with Crippen LogP contribution >= 0.6 is 0 Å². The predicted octanol–water partition coefficient (Wildman–Crippen LogP) is 2.50. The Kier molecular flexibility index (Phi) is 4.37. The van der Waals surface area contributed by atoms with E-state index < -0.39 is 5.97 Å². The van der Waals surface area contributed by atoms with Gasteiger partial charge >= 0.3 is 5.97 Å². The van der Waals surface area contributed by atoms with Crippen molar-refractivity contribution in [2.24, 2.45) is 11.1 Å². The van der Waals surface area contributed by atoms with Crippen LogP contribution in [0, 0.1) is 5.41 Å². The predicted molar refractivity (Wildman–Crippen MR) is 91.7 cm³/mol. The summed E-state index contributed by atoms with van der Waals surface area (Å²) in [7, 11) is 0. The van der Waals surface area contributed by atoms with Gasteiger partial charge in [-0.3, -0.25) is 0 Å². The first-order valence-electron chi connectivity index (χ1n) is 8.17. The van der Waals surface area contributed by atoms with Crippen LogP contribution in [0.15, 0.2) is 48.9 Å². The molecule has 3 rings (SSSR count). The van der Waals surface area contributed by atoms with E-state index in [9.17, 15) is 4.79 Å². The third-order valence-electron chi connectivity index (χ3n) is 4.74. The molecule has 1 fully saturated rings. The van der Waals surface area contributed by atoms with Gasteiger partial charge in [-0.2, -0.15) is 0 Å². The molecule has 0 saturated carbocycles. The number of benzene rings is 1. The van der Waals surface area contributed by atoms with Gasteiger partial charge in [0.25, 0.3) is 0 Å². The van der Waals surface area contributed by atoms with Crippen molar-refractivity contribution >= 4 is 5.97 Å². The number of esters is 1. The van der Waals surface area contributed by atoms with Gasteiger partial charge in [0.2, 0.25) is 0 Å². The van der Waals surface area contributed by atoms with Crippen LogP contribution in [0.3, 0.4) is 0 Å². The van der Waals surface area contributed by atoms with Crippen LogP contribution in [0.25, 0.3) is 0 Å². The number of nitrogens with zero attached hydrogens (tertiary/aromatic N) is 1. The van der Waals surface area contributed by atoms with E-state index in [1.165, 1.54) is 17.3 Å². The molecule has 0 aromatic heterocycles. The molecule has 5 nitrogen and oxygen atoms in total. The smallest absolute Gasteiger partial charge is 0.356 e. The number of fused-ring (bicyclic) bond motifs is 1. The SMILES string of the molecule is C=CN(/C(=C\N)C(=O)OC1COC1)C1c2ccccc2CC1(C)C. The van der Waals surface area contributed by atoms with Gasteiger partial charge in [0.15, 0.2) is 0 Å². The Hall–Kier alpha value is -2.27. The molecule has 1 aromatic carbocycles. The Morgan fingerprint density at radius 2 is 2.12 bits per heavy atom. The van der Waals surface area contributed by atoms with E-state index in [0.717, 1.165) is 6.42 Å². The highest BCUT2D eigenvalue weighted by Crippen LogP contribution is 2.49. The van der Waals surface area contributed by atoms with Crippen LogP contribution in [-0.4, -0.2) is 30.2 Å². The number of hydrogen-bond donors (Lipinski definition) is 1. The second-order valence-corrected chi connectivity index (χ2v) is 6.97. The lowest BCUT2D eigenvalue weighted by Crippen LogP contribution is -2.41. The largest absolute Gasteiger partial charge is 0.453 e. The number of hydrogen-bond acceptors (Lipinski definition) is 5. The zero-order valence-corrected chi connectivity index (χ0v) is 14.2. The molecule has 0 amide bonds.